The largest absolute Gasteiger partial charge is 0.389 e. The molecule has 0 spiro atoms. The summed E-state index contributed by atoms with van der Waals surface area (Å²) in [6.07, 6.45) is -3.18. The van der Waals surface area contributed by atoms with E-state index < -0.39 is 12.6 Å². The van der Waals surface area contributed by atoms with Crippen LogP contribution in [0.4, 0.5) is 13.2 Å². The van der Waals surface area contributed by atoms with Gasteiger partial charge in [-0.15, -0.1) is 0 Å². The van der Waals surface area contributed by atoms with Crippen molar-refractivity contribution in [2.45, 2.75) is 58.5 Å². The molecule has 0 saturated carbocycles. The predicted molar refractivity (Wildman–Crippen MR) is 75.8 cm³/mol. The molecule has 0 aliphatic rings. The normalized spacial score (nSPS) is 12.7. The van der Waals surface area contributed by atoms with Crippen LogP contribution in [0.3, 0.4) is 0 Å². The van der Waals surface area contributed by atoms with Gasteiger partial charge in [-0.2, -0.15) is 13.2 Å². The fraction of sp³-hybridized carbons (Fsp3) is 0.667. The van der Waals surface area contributed by atoms with Gasteiger partial charge in [0, 0.05) is 31.3 Å². The Kier molecular flexibility index (Phi) is 6.61. The first kappa shape index (κ1) is 17.9. The highest BCUT2D eigenvalue weighted by Gasteiger charge is 2.25. The molecule has 1 aromatic rings. The molecule has 0 bridgehead atoms. The number of hydrogen-bond acceptors (Lipinski definition) is 3. The SMILES string of the molecule is CC(C)(C)NCc1ccc(COCCCC(F)(F)F)nc1. The molecule has 0 fully saturated rings. The smallest absolute Gasteiger partial charge is 0.375 e. The number of nitrogens with one attached hydrogen (secondary N) is 1. The van der Waals surface area contributed by atoms with Crippen molar-refractivity contribution in [2.24, 2.45) is 0 Å². The fourth-order valence-electron chi connectivity index (χ4n) is 1.56. The van der Waals surface area contributed by atoms with Crippen molar-refractivity contribution in [1.29, 1.82) is 0 Å². The number of halogens is 3. The Morgan fingerprint density at radius 1 is 1.19 bits per heavy atom. The van der Waals surface area contributed by atoms with E-state index >= 15 is 0 Å². The van der Waals surface area contributed by atoms with Gasteiger partial charge >= 0.3 is 6.18 Å². The van der Waals surface area contributed by atoms with Crippen molar-refractivity contribution in [1.82, 2.24) is 10.3 Å². The molecule has 0 radical (unpaired) electrons. The Bertz CT molecular complexity index is 410. The summed E-state index contributed by atoms with van der Waals surface area (Å²) >= 11 is 0. The number of ether oxygens (including phenoxy) is 1. The summed E-state index contributed by atoms with van der Waals surface area (Å²) in [6, 6.07) is 3.78. The molecule has 3 nitrogen and oxygen atoms in total. The van der Waals surface area contributed by atoms with Crippen molar-refractivity contribution in [2.75, 3.05) is 6.61 Å². The van der Waals surface area contributed by atoms with Crippen molar-refractivity contribution in [3.63, 3.8) is 0 Å². The number of nitrogens with zero attached hydrogens (tertiary/aromatic N) is 1. The Morgan fingerprint density at radius 3 is 2.43 bits per heavy atom. The molecule has 120 valence electrons. The molecule has 0 aromatic carbocycles. The van der Waals surface area contributed by atoms with E-state index in [1.807, 2.05) is 12.1 Å². The minimum absolute atomic E-state index is 0.0168. The molecule has 0 aliphatic carbocycles. The predicted octanol–water partition coefficient (Wildman–Crippen LogP) is 3.83. The lowest BCUT2D eigenvalue weighted by molar-refractivity contribution is -0.138. The van der Waals surface area contributed by atoms with Gasteiger partial charge in [0.1, 0.15) is 0 Å². The monoisotopic (exact) mass is 304 g/mol. The van der Waals surface area contributed by atoms with Crippen LogP contribution < -0.4 is 5.32 Å². The molecule has 0 aliphatic heterocycles. The van der Waals surface area contributed by atoms with Crippen LogP contribution in [-0.2, 0) is 17.9 Å². The molecular weight excluding hydrogens is 281 g/mol. The van der Waals surface area contributed by atoms with E-state index in [0.29, 0.717) is 0 Å². The fourth-order valence-corrected chi connectivity index (χ4v) is 1.56. The van der Waals surface area contributed by atoms with Crippen LogP contribution in [0.15, 0.2) is 18.3 Å². The second-order valence-corrected chi connectivity index (χ2v) is 6.03. The van der Waals surface area contributed by atoms with Crippen LogP contribution >= 0.6 is 0 Å². The number of hydrogen-bond donors (Lipinski definition) is 1. The molecule has 0 unspecified atom stereocenters. The van der Waals surface area contributed by atoms with Crippen molar-refractivity contribution >= 4 is 0 Å². The summed E-state index contributed by atoms with van der Waals surface area (Å²) in [6.45, 7) is 7.32. The lowest BCUT2D eigenvalue weighted by Crippen LogP contribution is -2.35. The summed E-state index contributed by atoms with van der Waals surface area (Å²) in [4.78, 5) is 4.24. The molecule has 1 N–H and O–H groups in total. The molecule has 0 saturated heterocycles. The minimum atomic E-state index is -4.11. The molecule has 1 aromatic heterocycles. The molecule has 0 amide bonds. The molecule has 21 heavy (non-hydrogen) atoms. The summed E-state index contributed by atoms with van der Waals surface area (Å²) in [5, 5.41) is 3.35. The van der Waals surface area contributed by atoms with Crippen LogP contribution in [0, 0.1) is 0 Å². The van der Waals surface area contributed by atoms with E-state index in [1.54, 1.807) is 6.20 Å². The second kappa shape index (κ2) is 7.75. The third-order valence-electron chi connectivity index (χ3n) is 2.71. The van der Waals surface area contributed by atoms with Gasteiger partial charge in [0.2, 0.25) is 0 Å². The third-order valence-corrected chi connectivity index (χ3v) is 2.71. The van der Waals surface area contributed by atoms with Crippen LogP contribution in [-0.4, -0.2) is 23.3 Å². The van der Waals surface area contributed by atoms with E-state index in [1.165, 1.54) is 0 Å². The second-order valence-electron chi connectivity index (χ2n) is 6.03. The third kappa shape index (κ3) is 9.42. The standard InChI is InChI=1S/C15H23F3N2O/c1-14(2,3)20-10-12-5-6-13(19-9-12)11-21-8-4-7-15(16,17)18/h5-6,9,20H,4,7-8,10-11H2,1-3H3. The minimum Gasteiger partial charge on any atom is -0.375 e. The van der Waals surface area contributed by atoms with Gasteiger partial charge in [-0.3, -0.25) is 4.98 Å². The molecular formula is C15H23F3N2O. The summed E-state index contributed by atoms with van der Waals surface area (Å²) in [7, 11) is 0. The first-order valence-electron chi connectivity index (χ1n) is 6.99. The molecule has 1 rings (SSSR count). The van der Waals surface area contributed by atoms with Gasteiger partial charge in [-0.1, -0.05) is 6.07 Å². The number of rotatable bonds is 7. The first-order valence-corrected chi connectivity index (χ1v) is 6.99. The summed E-state index contributed by atoms with van der Waals surface area (Å²) < 4.78 is 41.0. The van der Waals surface area contributed by atoms with E-state index in [9.17, 15) is 13.2 Å². The number of aromatic nitrogens is 1. The van der Waals surface area contributed by atoms with Gasteiger partial charge < -0.3 is 10.1 Å². The van der Waals surface area contributed by atoms with E-state index in [4.69, 9.17) is 4.74 Å². The number of pyridine rings is 1. The molecule has 1 heterocycles. The van der Waals surface area contributed by atoms with Gasteiger partial charge in [0.15, 0.2) is 0 Å². The van der Waals surface area contributed by atoms with Crippen LogP contribution in [0.25, 0.3) is 0 Å². The van der Waals surface area contributed by atoms with E-state index in [2.05, 4.69) is 31.1 Å². The highest BCUT2D eigenvalue weighted by molar-refractivity contribution is 5.13. The summed E-state index contributed by atoms with van der Waals surface area (Å²) in [5.41, 5.74) is 1.83. The maximum Gasteiger partial charge on any atom is 0.389 e. The van der Waals surface area contributed by atoms with Crippen LogP contribution in [0.5, 0.6) is 0 Å². The Balaban J connectivity index is 2.25. The van der Waals surface area contributed by atoms with Gasteiger partial charge in [-0.05, 0) is 38.8 Å². The highest BCUT2D eigenvalue weighted by atomic mass is 19.4. The maximum atomic E-state index is 11.9. The molecule has 6 heteroatoms. The van der Waals surface area contributed by atoms with Crippen molar-refractivity contribution in [3.8, 4) is 0 Å². The van der Waals surface area contributed by atoms with Gasteiger partial charge in [-0.25, -0.2) is 0 Å². The van der Waals surface area contributed by atoms with Gasteiger partial charge in [0.25, 0.3) is 0 Å². The zero-order valence-corrected chi connectivity index (χ0v) is 12.8. The quantitative estimate of drug-likeness (QED) is 0.777. The molecule has 0 atom stereocenters. The van der Waals surface area contributed by atoms with E-state index in [-0.39, 0.29) is 25.2 Å². The highest BCUT2D eigenvalue weighted by Crippen LogP contribution is 2.21. The zero-order chi connectivity index (χ0) is 15.9. The van der Waals surface area contributed by atoms with Crippen LogP contribution in [0.2, 0.25) is 0 Å². The first-order chi connectivity index (χ1) is 9.66. The average Bonchev–Trinajstić information content (AvgIpc) is 2.35. The van der Waals surface area contributed by atoms with Crippen molar-refractivity contribution < 1.29 is 17.9 Å². The average molecular weight is 304 g/mol. The van der Waals surface area contributed by atoms with Crippen LogP contribution in [0.1, 0.15) is 44.9 Å². The zero-order valence-electron chi connectivity index (χ0n) is 12.8. The maximum absolute atomic E-state index is 11.9. The Hall–Kier alpha value is -1.14. The number of alkyl halides is 3. The van der Waals surface area contributed by atoms with E-state index in [0.717, 1.165) is 17.8 Å². The lowest BCUT2D eigenvalue weighted by Gasteiger charge is -2.20. The topological polar surface area (TPSA) is 34.1 Å². The Morgan fingerprint density at radius 2 is 1.90 bits per heavy atom. The van der Waals surface area contributed by atoms with Crippen molar-refractivity contribution in [3.05, 3.63) is 29.6 Å². The van der Waals surface area contributed by atoms with Gasteiger partial charge in [0.05, 0.1) is 12.3 Å². The summed E-state index contributed by atoms with van der Waals surface area (Å²) in [5.74, 6) is 0. The Labute approximate surface area is 123 Å². The lowest BCUT2D eigenvalue weighted by atomic mass is 10.1.